The highest BCUT2D eigenvalue weighted by atomic mass is 32.2. The molecule has 0 saturated carbocycles. The van der Waals surface area contributed by atoms with E-state index in [0.29, 0.717) is 24.5 Å². The van der Waals surface area contributed by atoms with Gasteiger partial charge in [-0.15, -0.1) is 0 Å². The van der Waals surface area contributed by atoms with Crippen molar-refractivity contribution in [1.29, 1.82) is 0 Å². The lowest BCUT2D eigenvalue weighted by Gasteiger charge is -2.25. The summed E-state index contributed by atoms with van der Waals surface area (Å²) < 4.78 is 47.7. The minimum Gasteiger partial charge on any atom is -0.494 e. The van der Waals surface area contributed by atoms with Crippen molar-refractivity contribution in [2.45, 2.75) is 44.6 Å². The van der Waals surface area contributed by atoms with Gasteiger partial charge in [-0.2, -0.15) is 9.40 Å². The molecule has 1 aromatic heterocycles. The molecule has 1 aliphatic rings. The maximum atomic E-state index is 13.9. The summed E-state index contributed by atoms with van der Waals surface area (Å²) in [7, 11) is -2.31. The molecular weight excluding hydrogens is 385 g/mol. The first-order valence-corrected chi connectivity index (χ1v) is 10.6. The molecule has 2 heterocycles. The standard InChI is InChI=1S/C19H24FN3O4S/c1-13-19(28(25,26)22-9-5-4-6-10-22)14(2)23(21-13)12-17(24)15-7-8-18(27-3)16(20)11-15/h7-8,11H,4-6,9-10,12H2,1-3H3. The van der Waals surface area contributed by atoms with Gasteiger partial charge in [0.25, 0.3) is 0 Å². The van der Waals surface area contributed by atoms with Crippen molar-refractivity contribution in [3.63, 3.8) is 0 Å². The Morgan fingerprint density at radius 2 is 1.89 bits per heavy atom. The van der Waals surface area contributed by atoms with E-state index in [1.807, 2.05) is 0 Å². The molecular formula is C19H24FN3O4S. The number of carbonyl (C=O) groups is 1. The number of hydrogen-bond acceptors (Lipinski definition) is 5. The van der Waals surface area contributed by atoms with E-state index < -0.39 is 15.8 Å². The molecule has 7 nitrogen and oxygen atoms in total. The molecule has 0 atom stereocenters. The van der Waals surface area contributed by atoms with Crippen LogP contribution in [0.25, 0.3) is 0 Å². The average molecular weight is 409 g/mol. The smallest absolute Gasteiger partial charge is 0.246 e. The molecule has 1 fully saturated rings. The maximum absolute atomic E-state index is 13.9. The van der Waals surface area contributed by atoms with E-state index in [1.165, 1.54) is 28.2 Å². The fourth-order valence-corrected chi connectivity index (χ4v) is 5.40. The Bertz CT molecular complexity index is 995. The predicted octanol–water partition coefficient (Wildman–Crippen LogP) is 2.71. The molecule has 2 aromatic rings. The number of aryl methyl sites for hydroxylation is 1. The Morgan fingerprint density at radius 1 is 1.21 bits per heavy atom. The molecule has 0 bridgehead atoms. The minimum atomic E-state index is -3.66. The zero-order chi connectivity index (χ0) is 20.5. The number of hydrogen-bond donors (Lipinski definition) is 0. The second-order valence-corrected chi connectivity index (χ2v) is 8.77. The van der Waals surface area contributed by atoms with Gasteiger partial charge in [-0.25, -0.2) is 12.8 Å². The molecule has 0 aliphatic carbocycles. The molecule has 28 heavy (non-hydrogen) atoms. The third-order valence-electron chi connectivity index (χ3n) is 5.00. The van der Waals surface area contributed by atoms with Gasteiger partial charge in [0.1, 0.15) is 11.4 Å². The zero-order valence-electron chi connectivity index (χ0n) is 16.2. The van der Waals surface area contributed by atoms with Gasteiger partial charge in [-0.1, -0.05) is 6.42 Å². The van der Waals surface area contributed by atoms with Gasteiger partial charge in [0.15, 0.2) is 17.3 Å². The first-order valence-electron chi connectivity index (χ1n) is 9.16. The predicted molar refractivity (Wildman–Crippen MR) is 102 cm³/mol. The van der Waals surface area contributed by atoms with Crippen molar-refractivity contribution in [2.24, 2.45) is 0 Å². The van der Waals surface area contributed by atoms with Crippen LogP contribution < -0.4 is 4.74 Å². The van der Waals surface area contributed by atoms with Gasteiger partial charge in [-0.3, -0.25) is 9.48 Å². The van der Waals surface area contributed by atoms with Crippen LogP contribution in [0.15, 0.2) is 23.1 Å². The number of methoxy groups -OCH3 is 1. The number of rotatable bonds is 6. The Hall–Kier alpha value is -2.26. The van der Waals surface area contributed by atoms with Crippen LogP contribution in [0, 0.1) is 19.7 Å². The fourth-order valence-electron chi connectivity index (χ4n) is 3.51. The summed E-state index contributed by atoms with van der Waals surface area (Å²) in [5, 5.41) is 4.26. The largest absolute Gasteiger partial charge is 0.494 e. The number of Topliss-reactive ketones (excluding diaryl/α,β-unsaturated/α-hetero) is 1. The van der Waals surface area contributed by atoms with E-state index in [0.717, 1.165) is 25.3 Å². The maximum Gasteiger partial charge on any atom is 0.246 e. The summed E-state index contributed by atoms with van der Waals surface area (Å²) in [5.41, 5.74) is 0.938. The van der Waals surface area contributed by atoms with Crippen LogP contribution in [0.2, 0.25) is 0 Å². The first kappa shape index (κ1) is 20.5. The molecule has 1 aromatic carbocycles. The number of piperidine rings is 1. The van der Waals surface area contributed by atoms with Crippen LogP contribution in [0.4, 0.5) is 4.39 Å². The Kier molecular flexibility index (Phi) is 5.85. The molecule has 0 unspecified atom stereocenters. The highest BCUT2D eigenvalue weighted by Crippen LogP contribution is 2.26. The number of benzene rings is 1. The van der Waals surface area contributed by atoms with Crippen LogP contribution in [0.1, 0.15) is 41.0 Å². The molecule has 0 spiro atoms. The summed E-state index contributed by atoms with van der Waals surface area (Å²) in [5.74, 6) is -0.943. The summed E-state index contributed by atoms with van der Waals surface area (Å²) in [4.78, 5) is 12.7. The van der Waals surface area contributed by atoms with Gasteiger partial charge in [-0.05, 0) is 44.9 Å². The number of halogens is 1. The Labute approximate surface area is 164 Å². The first-order chi connectivity index (χ1) is 13.3. The van der Waals surface area contributed by atoms with E-state index in [4.69, 9.17) is 4.74 Å². The van der Waals surface area contributed by atoms with Crippen molar-refractivity contribution < 1.29 is 22.3 Å². The van der Waals surface area contributed by atoms with Crippen LogP contribution in [-0.4, -0.2) is 48.5 Å². The zero-order valence-corrected chi connectivity index (χ0v) is 17.1. The van der Waals surface area contributed by atoms with E-state index in [-0.39, 0.29) is 28.5 Å². The van der Waals surface area contributed by atoms with Gasteiger partial charge >= 0.3 is 0 Å². The quantitative estimate of drug-likeness (QED) is 0.685. The van der Waals surface area contributed by atoms with Crippen LogP contribution >= 0.6 is 0 Å². The van der Waals surface area contributed by atoms with Gasteiger partial charge in [0, 0.05) is 18.7 Å². The van der Waals surface area contributed by atoms with Crippen LogP contribution in [-0.2, 0) is 16.6 Å². The summed E-state index contributed by atoms with van der Waals surface area (Å²) in [6, 6.07) is 3.97. The molecule has 0 amide bonds. The minimum absolute atomic E-state index is 0.0533. The van der Waals surface area contributed by atoms with E-state index in [9.17, 15) is 17.6 Å². The van der Waals surface area contributed by atoms with Crippen molar-refractivity contribution in [2.75, 3.05) is 20.2 Å². The highest BCUT2D eigenvalue weighted by Gasteiger charge is 2.32. The van der Waals surface area contributed by atoms with Crippen molar-refractivity contribution in [1.82, 2.24) is 14.1 Å². The second kappa shape index (κ2) is 8.00. The Balaban J connectivity index is 1.87. The third kappa shape index (κ3) is 3.81. The molecule has 3 rings (SSSR count). The molecule has 1 saturated heterocycles. The number of carbonyl (C=O) groups excluding carboxylic acids is 1. The van der Waals surface area contributed by atoms with E-state index >= 15 is 0 Å². The summed E-state index contributed by atoms with van der Waals surface area (Å²) >= 11 is 0. The van der Waals surface area contributed by atoms with Crippen LogP contribution in [0.5, 0.6) is 5.75 Å². The highest BCUT2D eigenvalue weighted by molar-refractivity contribution is 7.89. The molecule has 1 aliphatic heterocycles. The summed E-state index contributed by atoms with van der Waals surface area (Å²) in [6.45, 7) is 4.08. The number of sulfonamides is 1. The van der Waals surface area contributed by atoms with E-state index in [2.05, 4.69) is 5.10 Å². The second-order valence-electron chi connectivity index (χ2n) is 6.89. The van der Waals surface area contributed by atoms with Crippen molar-refractivity contribution in [3.8, 4) is 5.75 Å². The average Bonchev–Trinajstić information content (AvgIpc) is 2.96. The monoisotopic (exact) mass is 409 g/mol. The molecule has 152 valence electrons. The fraction of sp³-hybridized carbons (Fsp3) is 0.474. The molecule has 0 N–H and O–H groups in total. The third-order valence-corrected chi connectivity index (χ3v) is 7.15. The van der Waals surface area contributed by atoms with Gasteiger partial charge in [0.05, 0.1) is 18.5 Å². The lowest BCUT2D eigenvalue weighted by molar-refractivity contribution is 0.0966. The van der Waals surface area contributed by atoms with Crippen molar-refractivity contribution in [3.05, 3.63) is 41.0 Å². The molecule has 0 radical (unpaired) electrons. The topological polar surface area (TPSA) is 81.5 Å². The number of ether oxygens (including phenoxy) is 1. The Morgan fingerprint density at radius 3 is 2.50 bits per heavy atom. The van der Waals surface area contributed by atoms with E-state index in [1.54, 1.807) is 13.8 Å². The van der Waals surface area contributed by atoms with Crippen molar-refractivity contribution >= 4 is 15.8 Å². The summed E-state index contributed by atoms with van der Waals surface area (Å²) in [6.07, 6.45) is 2.70. The lowest BCUT2D eigenvalue weighted by atomic mass is 10.1. The number of nitrogens with zero attached hydrogens (tertiary/aromatic N) is 3. The van der Waals surface area contributed by atoms with Gasteiger partial charge in [0.2, 0.25) is 10.0 Å². The lowest BCUT2D eigenvalue weighted by Crippen LogP contribution is -2.36. The number of ketones is 1. The van der Waals surface area contributed by atoms with Gasteiger partial charge < -0.3 is 4.74 Å². The number of aromatic nitrogens is 2. The van der Waals surface area contributed by atoms with Crippen LogP contribution in [0.3, 0.4) is 0 Å². The SMILES string of the molecule is COc1ccc(C(=O)Cn2nc(C)c(S(=O)(=O)N3CCCCC3)c2C)cc1F. The molecule has 9 heteroatoms. The normalized spacial score (nSPS) is 15.6.